The lowest BCUT2D eigenvalue weighted by molar-refractivity contribution is -0.127. The lowest BCUT2D eigenvalue weighted by Crippen LogP contribution is -2.36. The van der Waals surface area contributed by atoms with Crippen molar-refractivity contribution in [1.82, 2.24) is 0 Å². The quantitative estimate of drug-likeness (QED) is 0.847. The molecule has 0 radical (unpaired) electrons. The Morgan fingerprint density at radius 2 is 2.00 bits per heavy atom. The summed E-state index contributed by atoms with van der Waals surface area (Å²) in [5.41, 5.74) is 6.84. The summed E-state index contributed by atoms with van der Waals surface area (Å²) in [6.07, 6.45) is 0. The van der Waals surface area contributed by atoms with E-state index in [-0.39, 0.29) is 5.91 Å². The third kappa shape index (κ3) is 2.99. The van der Waals surface area contributed by atoms with Gasteiger partial charge in [-0.25, -0.2) is 0 Å². The van der Waals surface area contributed by atoms with E-state index in [1.165, 1.54) is 0 Å². The second-order valence-corrected chi connectivity index (χ2v) is 4.81. The van der Waals surface area contributed by atoms with E-state index < -0.39 is 5.41 Å². The number of aryl methyl sites for hydroxylation is 2. The van der Waals surface area contributed by atoms with Crippen molar-refractivity contribution in [1.29, 1.82) is 0 Å². The Kier molecular flexibility index (Phi) is 3.58. The van der Waals surface area contributed by atoms with Gasteiger partial charge in [-0.1, -0.05) is 12.1 Å². The zero-order valence-electron chi connectivity index (χ0n) is 10.3. The maximum Gasteiger partial charge on any atom is 0.226 e. The summed E-state index contributed by atoms with van der Waals surface area (Å²) in [6, 6.07) is 6.00. The molecule has 16 heavy (non-hydrogen) atoms. The zero-order chi connectivity index (χ0) is 12.3. The Hall–Kier alpha value is -1.51. The van der Waals surface area contributed by atoms with Crippen LogP contribution in [0.1, 0.15) is 25.0 Å². The van der Waals surface area contributed by atoms with Crippen molar-refractivity contribution in [2.75, 3.05) is 6.61 Å². The molecular formula is C13H19NO2. The Morgan fingerprint density at radius 3 is 2.56 bits per heavy atom. The summed E-state index contributed by atoms with van der Waals surface area (Å²) < 4.78 is 5.64. The molecule has 0 bridgehead atoms. The number of benzene rings is 1. The predicted molar refractivity (Wildman–Crippen MR) is 64.4 cm³/mol. The summed E-state index contributed by atoms with van der Waals surface area (Å²) in [4.78, 5) is 11.1. The first-order valence-corrected chi connectivity index (χ1v) is 5.33. The Bertz CT molecular complexity index is 397. The van der Waals surface area contributed by atoms with Crippen molar-refractivity contribution in [2.45, 2.75) is 27.7 Å². The van der Waals surface area contributed by atoms with Crippen LogP contribution >= 0.6 is 0 Å². The second kappa shape index (κ2) is 4.56. The third-order valence-corrected chi connectivity index (χ3v) is 2.60. The number of hydrogen-bond donors (Lipinski definition) is 1. The zero-order valence-corrected chi connectivity index (χ0v) is 10.3. The molecule has 0 fully saturated rings. The van der Waals surface area contributed by atoms with Gasteiger partial charge in [0.2, 0.25) is 5.91 Å². The van der Waals surface area contributed by atoms with Crippen LogP contribution in [-0.4, -0.2) is 12.5 Å². The van der Waals surface area contributed by atoms with Gasteiger partial charge < -0.3 is 10.5 Å². The fraction of sp³-hybridized carbons (Fsp3) is 0.462. The Balaban J connectivity index is 2.75. The number of ether oxygens (including phenoxy) is 1. The van der Waals surface area contributed by atoms with E-state index in [9.17, 15) is 4.79 Å². The Labute approximate surface area is 96.6 Å². The number of hydrogen-bond acceptors (Lipinski definition) is 2. The van der Waals surface area contributed by atoms with Crippen molar-refractivity contribution in [3.8, 4) is 5.75 Å². The van der Waals surface area contributed by atoms with Crippen LogP contribution in [0.3, 0.4) is 0 Å². The van der Waals surface area contributed by atoms with Gasteiger partial charge in [-0.05, 0) is 44.9 Å². The number of carbonyl (C=O) groups excluding carboxylic acids is 1. The molecule has 3 nitrogen and oxygen atoms in total. The highest BCUT2D eigenvalue weighted by atomic mass is 16.5. The number of primary amides is 1. The Morgan fingerprint density at radius 1 is 1.38 bits per heavy atom. The molecule has 1 amide bonds. The highest BCUT2D eigenvalue weighted by Crippen LogP contribution is 2.22. The monoisotopic (exact) mass is 221 g/mol. The first-order chi connectivity index (χ1) is 7.33. The molecule has 0 heterocycles. The van der Waals surface area contributed by atoms with Crippen molar-refractivity contribution in [3.05, 3.63) is 29.3 Å². The van der Waals surface area contributed by atoms with Crippen molar-refractivity contribution in [2.24, 2.45) is 11.1 Å². The van der Waals surface area contributed by atoms with E-state index in [1.54, 1.807) is 13.8 Å². The van der Waals surface area contributed by atoms with Crippen LogP contribution < -0.4 is 10.5 Å². The van der Waals surface area contributed by atoms with Crippen LogP contribution in [0.4, 0.5) is 0 Å². The van der Waals surface area contributed by atoms with Crippen molar-refractivity contribution >= 4 is 5.91 Å². The molecule has 2 N–H and O–H groups in total. The molecule has 3 heteroatoms. The molecule has 0 saturated carbocycles. The van der Waals surface area contributed by atoms with Crippen LogP contribution in [-0.2, 0) is 4.79 Å². The van der Waals surface area contributed by atoms with E-state index >= 15 is 0 Å². The highest BCUT2D eigenvalue weighted by molar-refractivity contribution is 5.80. The maximum atomic E-state index is 11.1. The minimum atomic E-state index is -0.643. The van der Waals surface area contributed by atoms with Gasteiger partial charge in [-0.2, -0.15) is 0 Å². The standard InChI is InChI=1S/C13H19NO2/c1-9-5-6-10(2)11(7-9)16-8-13(3,4)12(14)15/h5-7H,8H2,1-4H3,(H2,14,15). The summed E-state index contributed by atoms with van der Waals surface area (Å²) in [6.45, 7) is 7.84. The van der Waals surface area contributed by atoms with Gasteiger partial charge in [-0.3, -0.25) is 4.79 Å². The van der Waals surface area contributed by atoms with Crippen LogP contribution in [0.15, 0.2) is 18.2 Å². The summed E-state index contributed by atoms with van der Waals surface area (Å²) >= 11 is 0. The summed E-state index contributed by atoms with van der Waals surface area (Å²) in [7, 11) is 0. The molecule has 0 atom stereocenters. The molecule has 1 rings (SSSR count). The largest absolute Gasteiger partial charge is 0.492 e. The lowest BCUT2D eigenvalue weighted by Gasteiger charge is -2.21. The lowest BCUT2D eigenvalue weighted by atomic mass is 9.94. The minimum Gasteiger partial charge on any atom is -0.492 e. The van der Waals surface area contributed by atoms with Crippen LogP contribution in [0.5, 0.6) is 5.75 Å². The van der Waals surface area contributed by atoms with Gasteiger partial charge in [0, 0.05) is 0 Å². The van der Waals surface area contributed by atoms with Gasteiger partial charge in [0.05, 0.1) is 5.41 Å². The molecule has 0 aliphatic heterocycles. The van der Waals surface area contributed by atoms with Gasteiger partial charge in [-0.15, -0.1) is 0 Å². The van der Waals surface area contributed by atoms with Gasteiger partial charge in [0.15, 0.2) is 0 Å². The molecule has 1 aromatic carbocycles. The van der Waals surface area contributed by atoms with Crippen molar-refractivity contribution < 1.29 is 9.53 Å². The topological polar surface area (TPSA) is 52.3 Å². The number of nitrogens with two attached hydrogens (primary N) is 1. The summed E-state index contributed by atoms with van der Waals surface area (Å²) in [5, 5.41) is 0. The van der Waals surface area contributed by atoms with Crippen molar-refractivity contribution in [3.63, 3.8) is 0 Å². The molecule has 88 valence electrons. The van der Waals surface area contributed by atoms with Crippen LogP contribution in [0.2, 0.25) is 0 Å². The maximum absolute atomic E-state index is 11.1. The molecule has 0 aromatic heterocycles. The van der Waals surface area contributed by atoms with E-state index in [0.29, 0.717) is 6.61 Å². The van der Waals surface area contributed by atoms with Crippen LogP contribution in [0.25, 0.3) is 0 Å². The number of carbonyl (C=O) groups is 1. The predicted octanol–water partition coefficient (Wildman–Crippen LogP) is 2.19. The van der Waals surface area contributed by atoms with Gasteiger partial charge >= 0.3 is 0 Å². The molecule has 0 aliphatic carbocycles. The smallest absolute Gasteiger partial charge is 0.226 e. The van der Waals surface area contributed by atoms with E-state index in [1.807, 2.05) is 32.0 Å². The first-order valence-electron chi connectivity index (χ1n) is 5.33. The first kappa shape index (κ1) is 12.6. The average molecular weight is 221 g/mol. The molecule has 0 saturated heterocycles. The second-order valence-electron chi connectivity index (χ2n) is 4.81. The fourth-order valence-electron chi connectivity index (χ4n) is 1.19. The normalized spacial score (nSPS) is 11.2. The van der Waals surface area contributed by atoms with Crippen LogP contribution in [0, 0.1) is 19.3 Å². The third-order valence-electron chi connectivity index (χ3n) is 2.60. The molecule has 0 spiro atoms. The SMILES string of the molecule is Cc1ccc(C)c(OCC(C)(C)C(N)=O)c1. The molecule has 1 aromatic rings. The van der Waals surface area contributed by atoms with E-state index in [4.69, 9.17) is 10.5 Å². The molecule has 0 aliphatic rings. The highest BCUT2D eigenvalue weighted by Gasteiger charge is 2.26. The number of amides is 1. The molecule has 0 unspecified atom stereocenters. The number of rotatable bonds is 4. The summed E-state index contributed by atoms with van der Waals surface area (Å²) in [5.74, 6) is 0.465. The van der Waals surface area contributed by atoms with E-state index in [0.717, 1.165) is 16.9 Å². The minimum absolute atomic E-state index is 0.298. The van der Waals surface area contributed by atoms with Gasteiger partial charge in [0.1, 0.15) is 12.4 Å². The van der Waals surface area contributed by atoms with E-state index in [2.05, 4.69) is 0 Å². The fourth-order valence-corrected chi connectivity index (χ4v) is 1.19. The average Bonchev–Trinajstić information content (AvgIpc) is 2.19. The molecular weight excluding hydrogens is 202 g/mol. The van der Waals surface area contributed by atoms with Gasteiger partial charge in [0.25, 0.3) is 0 Å².